The zero-order chi connectivity index (χ0) is 47.8. The van der Waals surface area contributed by atoms with E-state index in [1.165, 1.54) is 43.3 Å². The maximum atomic E-state index is 14.3. The van der Waals surface area contributed by atoms with Gasteiger partial charge in [0.05, 0.1) is 24.3 Å². The fourth-order valence-corrected chi connectivity index (χ4v) is 7.62. The van der Waals surface area contributed by atoms with E-state index in [1.807, 2.05) is 50.2 Å². The molecular weight excluding hydrogens is 842 g/mol. The van der Waals surface area contributed by atoms with Crippen molar-refractivity contribution in [3.8, 4) is 44.5 Å². The van der Waals surface area contributed by atoms with E-state index in [-0.39, 0.29) is 29.1 Å². The minimum Gasteiger partial charge on any atom is -0.299 e. The molecule has 0 spiro atoms. The molecule has 6 aromatic carbocycles. The molecule has 0 radical (unpaired) electrons. The lowest BCUT2D eigenvalue weighted by Gasteiger charge is -2.19. The quantitative estimate of drug-likeness (QED) is 0.0907. The van der Waals surface area contributed by atoms with Crippen molar-refractivity contribution in [1.82, 2.24) is 0 Å². The third kappa shape index (κ3) is 12.9. The van der Waals surface area contributed by atoms with Gasteiger partial charge in [-0.3, -0.25) is 9.59 Å². The molecule has 334 valence electrons. The van der Waals surface area contributed by atoms with E-state index < -0.39 is 35.2 Å². The summed E-state index contributed by atoms with van der Waals surface area (Å²) in [5, 5.41) is 0. The van der Waals surface area contributed by atoms with Crippen LogP contribution in [0.1, 0.15) is 88.5 Å². The molecule has 0 aliphatic carbocycles. The Hall–Kier alpha value is -6.85. The maximum Gasteiger partial charge on any atom is 0.416 e. The summed E-state index contributed by atoms with van der Waals surface area (Å²) in [5.41, 5.74) is 5.80. The highest BCUT2D eigenvalue weighted by molar-refractivity contribution is 5.87. The van der Waals surface area contributed by atoms with Gasteiger partial charge in [0, 0.05) is 11.8 Å². The van der Waals surface area contributed by atoms with Crippen LogP contribution in [0.5, 0.6) is 0 Å². The Kier molecular flexibility index (Phi) is 15.7. The summed E-state index contributed by atoms with van der Waals surface area (Å²) in [6, 6.07) is 32.4. The SMILES string of the molecule is [C-]#[N+]c1ccc(-c2cc(-c3ccc(C(F)(F)F)cc3)cc(C(CC(C)C)C(C)=O)c2)cc1F.[C-]#[N+]c1cccc(-c2cc(-c3ccc(C(F)(F)F)cc3)cc(C(CC(C)C)C(C)=O)c2)c1. The van der Waals surface area contributed by atoms with E-state index in [0.717, 1.165) is 52.1 Å². The second kappa shape index (κ2) is 20.8. The van der Waals surface area contributed by atoms with Gasteiger partial charge in [0.15, 0.2) is 5.69 Å². The second-order valence-corrected chi connectivity index (χ2v) is 16.9. The predicted octanol–water partition coefficient (Wildman–Crippen LogP) is 16.8. The van der Waals surface area contributed by atoms with Crippen LogP contribution in [0.3, 0.4) is 0 Å². The van der Waals surface area contributed by atoms with Crippen LogP contribution in [-0.4, -0.2) is 11.6 Å². The molecule has 0 saturated carbocycles. The standard InChI is InChI=1S/C27H23F4NO.C27H24F3NO/c1-16(2)11-24(17(3)33)22-13-20(18-5-8-23(9-6-18)27(29,30)31)12-21(14-22)19-7-10-26(32-4)25(28)15-19;1-17(2)12-26(18(3)32)23-14-21(19-8-10-24(11-9-19)27(28,29)30)13-22(15-23)20-6-5-7-25(16-20)31-4/h5-10,12-16,24H,11H2,1-3H3;5-11,13-17,26H,12H2,1-3H3. The van der Waals surface area contributed by atoms with E-state index >= 15 is 0 Å². The molecular formula is C54H47F7N2O2. The first-order chi connectivity index (χ1) is 30.6. The third-order valence-corrected chi connectivity index (χ3v) is 10.9. The van der Waals surface area contributed by atoms with Gasteiger partial charge in [-0.1, -0.05) is 107 Å². The molecule has 2 unspecified atom stereocenters. The molecule has 0 aromatic heterocycles. The fourth-order valence-electron chi connectivity index (χ4n) is 7.62. The van der Waals surface area contributed by atoms with Gasteiger partial charge in [0.2, 0.25) is 5.69 Å². The first-order valence-corrected chi connectivity index (χ1v) is 20.9. The molecule has 4 nitrogen and oxygen atoms in total. The Balaban J connectivity index is 0.000000244. The van der Waals surface area contributed by atoms with E-state index in [1.54, 1.807) is 37.3 Å². The highest BCUT2D eigenvalue weighted by Crippen LogP contribution is 2.39. The summed E-state index contributed by atoms with van der Waals surface area (Å²) in [5.74, 6) is -0.801. The Bertz CT molecular complexity index is 2740. The van der Waals surface area contributed by atoms with Crippen LogP contribution >= 0.6 is 0 Å². The lowest BCUT2D eigenvalue weighted by Crippen LogP contribution is -2.12. The van der Waals surface area contributed by atoms with Crippen molar-refractivity contribution in [3.05, 3.63) is 178 Å². The van der Waals surface area contributed by atoms with Gasteiger partial charge >= 0.3 is 12.4 Å². The number of ketones is 2. The summed E-state index contributed by atoms with van der Waals surface area (Å²) >= 11 is 0. The van der Waals surface area contributed by atoms with Crippen LogP contribution in [0.4, 0.5) is 42.1 Å². The van der Waals surface area contributed by atoms with E-state index in [0.29, 0.717) is 52.3 Å². The Labute approximate surface area is 375 Å². The number of Topliss-reactive ketones (excluding diaryl/α,β-unsaturated/α-hetero) is 2. The van der Waals surface area contributed by atoms with Crippen molar-refractivity contribution in [3.63, 3.8) is 0 Å². The summed E-state index contributed by atoms with van der Waals surface area (Å²) in [6.07, 6.45) is -7.56. The van der Waals surface area contributed by atoms with Crippen LogP contribution < -0.4 is 0 Å². The number of alkyl halides is 6. The predicted molar refractivity (Wildman–Crippen MR) is 243 cm³/mol. The molecule has 0 bridgehead atoms. The average molecular weight is 889 g/mol. The molecule has 0 N–H and O–H groups in total. The number of nitrogens with zero attached hydrogens (tertiary/aromatic N) is 2. The first kappa shape index (κ1) is 49.2. The highest BCUT2D eigenvalue weighted by Gasteiger charge is 2.31. The van der Waals surface area contributed by atoms with Crippen LogP contribution in [0.25, 0.3) is 54.2 Å². The Morgan fingerprint density at radius 1 is 0.492 bits per heavy atom. The Morgan fingerprint density at radius 3 is 1.22 bits per heavy atom. The van der Waals surface area contributed by atoms with Crippen molar-refractivity contribution in [2.45, 2.75) is 78.6 Å². The topological polar surface area (TPSA) is 42.9 Å². The summed E-state index contributed by atoms with van der Waals surface area (Å²) < 4.78 is 92.3. The number of hydrogen-bond acceptors (Lipinski definition) is 2. The lowest BCUT2D eigenvalue weighted by atomic mass is 9.84. The number of carbonyl (C=O) groups excluding carboxylic acids is 2. The number of halogens is 7. The third-order valence-electron chi connectivity index (χ3n) is 10.9. The van der Waals surface area contributed by atoms with E-state index in [9.17, 15) is 40.3 Å². The van der Waals surface area contributed by atoms with E-state index in [2.05, 4.69) is 23.5 Å². The highest BCUT2D eigenvalue weighted by atomic mass is 19.4. The van der Waals surface area contributed by atoms with Crippen LogP contribution in [0.2, 0.25) is 0 Å². The second-order valence-electron chi connectivity index (χ2n) is 16.9. The van der Waals surface area contributed by atoms with Crippen LogP contribution in [0, 0.1) is 30.8 Å². The van der Waals surface area contributed by atoms with Crippen molar-refractivity contribution in [2.75, 3.05) is 0 Å². The van der Waals surface area contributed by atoms with Gasteiger partial charge in [-0.2, -0.15) is 26.3 Å². The smallest absolute Gasteiger partial charge is 0.299 e. The zero-order valence-electron chi connectivity index (χ0n) is 36.7. The molecule has 2 atom stereocenters. The van der Waals surface area contributed by atoms with Gasteiger partial charge in [0.1, 0.15) is 17.4 Å². The Morgan fingerprint density at radius 2 is 0.877 bits per heavy atom. The molecule has 0 fully saturated rings. The van der Waals surface area contributed by atoms with Gasteiger partial charge in [0.25, 0.3) is 0 Å². The monoisotopic (exact) mass is 888 g/mol. The van der Waals surface area contributed by atoms with Crippen molar-refractivity contribution in [2.24, 2.45) is 11.8 Å². The van der Waals surface area contributed by atoms with Gasteiger partial charge in [-0.25, -0.2) is 14.1 Å². The molecule has 0 aliphatic rings. The normalized spacial score (nSPS) is 12.4. The number of benzene rings is 6. The fraction of sp³-hybridized carbons (Fsp3) is 0.259. The largest absolute Gasteiger partial charge is 0.416 e. The van der Waals surface area contributed by atoms with Gasteiger partial charge in [-0.15, -0.1) is 0 Å². The van der Waals surface area contributed by atoms with Crippen molar-refractivity contribution < 1.29 is 40.3 Å². The van der Waals surface area contributed by atoms with E-state index in [4.69, 9.17) is 13.1 Å². The van der Waals surface area contributed by atoms with Gasteiger partial charge in [-0.05, 0) is 143 Å². The first-order valence-electron chi connectivity index (χ1n) is 20.9. The molecule has 0 saturated heterocycles. The minimum absolute atomic E-state index is 0.0197. The van der Waals surface area contributed by atoms with Crippen molar-refractivity contribution >= 4 is 22.9 Å². The molecule has 6 aromatic rings. The lowest BCUT2D eigenvalue weighted by molar-refractivity contribution is -0.138. The summed E-state index contributed by atoms with van der Waals surface area (Å²) in [4.78, 5) is 31.5. The summed E-state index contributed by atoms with van der Waals surface area (Å²) in [7, 11) is 0. The molecule has 0 amide bonds. The molecule has 11 heteroatoms. The maximum absolute atomic E-state index is 14.3. The molecule has 6 rings (SSSR count). The number of rotatable bonds is 12. The molecule has 65 heavy (non-hydrogen) atoms. The van der Waals surface area contributed by atoms with Crippen LogP contribution in [0.15, 0.2) is 127 Å². The molecule has 0 aliphatic heterocycles. The van der Waals surface area contributed by atoms with Crippen molar-refractivity contribution in [1.29, 1.82) is 0 Å². The average Bonchev–Trinajstić information content (AvgIpc) is 3.26. The summed E-state index contributed by atoms with van der Waals surface area (Å²) in [6.45, 7) is 25.5. The zero-order valence-corrected chi connectivity index (χ0v) is 36.7. The molecule has 0 heterocycles. The minimum atomic E-state index is -4.44. The number of hydrogen-bond donors (Lipinski definition) is 0. The van der Waals surface area contributed by atoms with Crippen LogP contribution in [-0.2, 0) is 21.9 Å². The van der Waals surface area contributed by atoms with Gasteiger partial charge < -0.3 is 0 Å². The number of carbonyl (C=O) groups is 2.